The van der Waals surface area contributed by atoms with Gasteiger partial charge >= 0.3 is 6.18 Å². The zero-order valence-electron chi connectivity index (χ0n) is 16.3. The number of nitrogens with zero attached hydrogens (tertiary/aromatic N) is 2. The lowest BCUT2D eigenvalue weighted by atomic mass is 10.1. The third-order valence-electron chi connectivity index (χ3n) is 5.10. The third kappa shape index (κ3) is 6.58. The van der Waals surface area contributed by atoms with E-state index in [2.05, 4.69) is 39.4 Å². The summed E-state index contributed by atoms with van der Waals surface area (Å²) < 4.78 is 38.3. The smallest absolute Gasteiger partial charge is 0.352 e. The van der Waals surface area contributed by atoms with E-state index in [4.69, 9.17) is 0 Å². The van der Waals surface area contributed by atoms with E-state index >= 15 is 0 Å². The van der Waals surface area contributed by atoms with Crippen molar-refractivity contribution in [1.82, 2.24) is 15.1 Å². The first-order valence-corrected chi connectivity index (χ1v) is 9.86. The standard InChI is InChI=1S/C22H26F3N3O/c23-22(24,25)20-9-4-8-19(16-20)21(29)26-10-5-11-27-12-14-28(15-13-27)17-18-6-2-1-3-7-18/h1-4,6-9,16H,5,10-15,17H2,(H,26,29). The molecule has 1 N–H and O–H groups in total. The van der Waals surface area contributed by atoms with Crippen LogP contribution in [0, 0.1) is 0 Å². The van der Waals surface area contributed by atoms with Gasteiger partial charge in [-0.2, -0.15) is 13.2 Å². The van der Waals surface area contributed by atoms with Crippen LogP contribution in [0.1, 0.15) is 27.9 Å². The maximum atomic E-state index is 12.8. The topological polar surface area (TPSA) is 35.6 Å². The van der Waals surface area contributed by atoms with E-state index in [-0.39, 0.29) is 5.56 Å². The molecular weight excluding hydrogens is 379 g/mol. The molecule has 156 valence electrons. The number of alkyl halides is 3. The number of hydrogen-bond acceptors (Lipinski definition) is 3. The summed E-state index contributed by atoms with van der Waals surface area (Å²) in [7, 11) is 0. The molecule has 0 aliphatic carbocycles. The zero-order valence-corrected chi connectivity index (χ0v) is 16.3. The zero-order chi connectivity index (χ0) is 20.7. The van der Waals surface area contributed by atoms with Gasteiger partial charge in [-0.15, -0.1) is 0 Å². The SMILES string of the molecule is O=C(NCCCN1CCN(Cc2ccccc2)CC1)c1cccc(C(F)(F)F)c1. The number of hydrogen-bond donors (Lipinski definition) is 1. The molecule has 0 atom stereocenters. The minimum absolute atomic E-state index is 0.0364. The molecule has 3 rings (SSSR count). The minimum Gasteiger partial charge on any atom is -0.352 e. The summed E-state index contributed by atoms with van der Waals surface area (Å²) in [4.78, 5) is 16.9. The van der Waals surface area contributed by atoms with E-state index < -0.39 is 17.6 Å². The Balaban J connectivity index is 1.34. The molecule has 0 aromatic heterocycles. The lowest BCUT2D eigenvalue weighted by Gasteiger charge is -2.34. The van der Waals surface area contributed by atoms with Crippen LogP contribution in [0.5, 0.6) is 0 Å². The molecule has 0 spiro atoms. The summed E-state index contributed by atoms with van der Waals surface area (Å²) in [5.74, 6) is -0.469. The van der Waals surface area contributed by atoms with Crippen molar-refractivity contribution in [2.24, 2.45) is 0 Å². The van der Waals surface area contributed by atoms with Gasteiger partial charge in [-0.25, -0.2) is 0 Å². The van der Waals surface area contributed by atoms with Gasteiger partial charge in [-0.05, 0) is 36.7 Å². The Labute approximate surface area is 169 Å². The molecule has 1 aliphatic heterocycles. The number of carbonyl (C=O) groups excluding carboxylic acids is 1. The number of amides is 1. The van der Waals surface area contributed by atoms with E-state index in [9.17, 15) is 18.0 Å². The number of halogens is 3. The van der Waals surface area contributed by atoms with Gasteiger partial charge in [0.2, 0.25) is 0 Å². The second-order valence-electron chi connectivity index (χ2n) is 7.29. The molecule has 1 fully saturated rings. The fourth-order valence-corrected chi connectivity index (χ4v) is 3.46. The average Bonchev–Trinajstić information content (AvgIpc) is 2.72. The van der Waals surface area contributed by atoms with Crippen molar-refractivity contribution in [1.29, 1.82) is 0 Å². The molecule has 0 unspecified atom stereocenters. The molecule has 7 heteroatoms. The Bertz CT molecular complexity index is 787. The van der Waals surface area contributed by atoms with Gasteiger partial charge in [0.05, 0.1) is 5.56 Å². The summed E-state index contributed by atoms with van der Waals surface area (Å²) in [6.07, 6.45) is -3.68. The van der Waals surface area contributed by atoms with Crippen LogP contribution in [-0.4, -0.2) is 55.0 Å². The predicted octanol–water partition coefficient (Wildman–Crippen LogP) is 3.64. The van der Waals surface area contributed by atoms with Gasteiger partial charge in [0.15, 0.2) is 0 Å². The summed E-state index contributed by atoms with van der Waals surface area (Å²) in [5, 5.41) is 2.72. The van der Waals surface area contributed by atoms with E-state index in [0.717, 1.165) is 57.8 Å². The highest BCUT2D eigenvalue weighted by Gasteiger charge is 2.30. The van der Waals surface area contributed by atoms with Crippen LogP contribution < -0.4 is 5.32 Å². The van der Waals surface area contributed by atoms with Crippen molar-refractivity contribution in [3.63, 3.8) is 0 Å². The summed E-state index contributed by atoms with van der Waals surface area (Å²) in [6.45, 7) is 6.24. The van der Waals surface area contributed by atoms with Crippen molar-refractivity contribution in [2.75, 3.05) is 39.3 Å². The lowest BCUT2D eigenvalue weighted by Crippen LogP contribution is -2.46. The molecule has 0 saturated carbocycles. The largest absolute Gasteiger partial charge is 0.416 e. The Morgan fingerprint density at radius 1 is 0.931 bits per heavy atom. The van der Waals surface area contributed by atoms with Crippen molar-refractivity contribution in [3.8, 4) is 0 Å². The highest BCUT2D eigenvalue weighted by molar-refractivity contribution is 5.94. The fraction of sp³-hybridized carbons (Fsp3) is 0.409. The van der Waals surface area contributed by atoms with Crippen molar-refractivity contribution < 1.29 is 18.0 Å². The molecular formula is C22H26F3N3O. The van der Waals surface area contributed by atoms with Crippen LogP contribution in [-0.2, 0) is 12.7 Å². The molecule has 2 aromatic rings. The molecule has 0 radical (unpaired) electrons. The van der Waals surface area contributed by atoms with E-state index in [1.807, 2.05) is 6.07 Å². The first kappa shape index (κ1) is 21.3. The molecule has 1 aliphatic rings. The third-order valence-corrected chi connectivity index (χ3v) is 5.10. The van der Waals surface area contributed by atoms with Gasteiger partial charge in [-0.3, -0.25) is 9.69 Å². The molecule has 1 saturated heterocycles. The van der Waals surface area contributed by atoms with Crippen LogP contribution >= 0.6 is 0 Å². The number of rotatable bonds is 7. The summed E-state index contributed by atoms with van der Waals surface area (Å²) in [6, 6.07) is 14.9. The molecule has 0 bridgehead atoms. The van der Waals surface area contributed by atoms with Crippen LogP contribution in [0.4, 0.5) is 13.2 Å². The van der Waals surface area contributed by atoms with Crippen LogP contribution in [0.15, 0.2) is 54.6 Å². The Kier molecular flexibility index (Phi) is 7.28. The highest BCUT2D eigenvalue weighted by atomic mass is 19.4. The van der Waals surface area contributed by atoms with Crippen molar-refractivity contribution >= 4 is 5.91 Å². The maximum absolute atomic E-state index is 12.8. The molecule has 1 amide bonds. The van der Waals surface area contributed by atoms with Gasteiger partial charge in [0.1, 0.15) is 0 Å². The number of nitrogens with one attached hydrogen (secondary N) is 1. The van der Waals surface area contributed by atoms with Crippen LogP contribution in [0.2, 0.25) is 0 Å². The second kappa shape index (κ2) is 9.89. The first-order chi connectivity index (χ1) is 13.9. The predicted molar refractivity (Wildman–Crippen MR) is 107 cm³/mol. The van der Waals surface area contributed by atoms with Gasteiger partial charge in [0, 0.05) is 44.8 Å². The lowest BCUT2D eigenvalue weighted by molar-refractivity contribution is -0.137. The Morgan fingerprint density at radius 3 is 2.31 bits per heavy atom. The number of benzene rings is 2. The van der Waals surface area contributed by atoms with E-state index in [1.165, 1.54) is 17.7 Å². The minimum atomic E-state index is -4.45. The molecule has 4 nitrogen and oxygen atoms in total. The van der Waals surface area contributed by atoms with Crippen LogP contribution in [0.25, 0.3) is 0 Å². The summed E-state index contributed by atoms with van der Waals surface area (Å²) >= 11 is 0. The second-order valence-corrected chi connectivity index (χ2v) is 7.29. The summed E-state index contributed by atoms with van der Waals surface area (Å²) in [5.41, 5.74) is 0.547. The first-order valence-electron chi connectivity index (χ1n) is 9.86. The van der Waals surface area contributed by atoms with Crippen LogP contribution in [0.3, 0.4) is 0 Å². The Hall–Kier alpha value is -2.38. The maximum Gasteiger partial charge on any atom is 0.416 e. The van der Waals surface area contributed by atoms with E-state index in [1.54, 1.807) is 0 Å². The molecule has 1 heterocycles. The molecule has 29 heavy (non-hydrogen) atoms. The van der Waals surface area contributed by atoms with Gasteiger partial charge in [-0.1, -0.05) is 36.4 Å². The number of carbonyl (C=O) groups is 1. The normalized spacial score (nSPS) is 16.0. The number of piperazine rings is 1. The monoisotopic (exact) mass is 405 g/mol. The van der Waals surface area contributed by atoms with Crippen molar-refractivity contribution in [3.05, 3.63) is 71.3 Å². The Morgan fingerprint density at radius 2 is 1.62 bits per heavy atom. The van der Waals surface area contributed by atoms with Gasteiger partial charge in [0.25, 0.3) is 5.91 Å². The quantitative estimate of drug-likeness (QED) is 0.715. The molecule has 2 aromatic carbocycles. The van der Waals surface area contributed by atoms with E-state index in [0.29, 0.717) is 6.54 Å². The van der Waals surface area contributed by atoms with Crippen molar-refractivity contribution in [2.45, 2.75) is 19.1 Å². The average molecular weight is 405 g/mol. The highest BCUT2D eigenvalue weighted by Crippen LogP contribution is 2.29. The fourth-order valence-electron chi connectivity index (χ4n) is 3.46. The van der Waals surface area contributed by atoms with Gasteiger partial charge < -0.3 is 10.2 Å².